The Balaban J connectivity index is 1.49. The van der Waals surface area contributed by atoms with Crippen molar-refractivity contribution < 1.29 is 9.90 Å². The molecule has 2 aliphatic rings. The number of carbonyl (C=O) groups excluding carboxylic acids is 1. The van der Waals surface area contributed by atoms with Crippen LogP contribution in [0.5, 0.6) is 0 Å². The lowest BCUT2D eigenvalue weighted by atomic mass is 9.78. The summed E-state index contributed by atoms with van der Waals surface area (Å²) in [5.41, 5.74) is 2.43. The molecule has 0 radical (unpaired) electrons. The Hall–Kier alpha value is -1.81. The molecule has 1 heterocycles. The molecule has 4 heteroatoms. The molecule has 0 saturated carbocycles. The molecular formula is C29H35ClO2S. The van der Waals surface area contributed by atoms with Gasteiger partial charge >= 0.3 is 0 Å². The van der Waals surface area contributed by atoms with Crippen molar-refractivity contribution in [3.05, 3.63) is 88.4 Å². The summed E-state index contributed by atoms with van der Waals surface area (Å²) in [5.74, 6) is 0.950. The molecule has 3 rings (SSSR count). The molecule has 1 aromatic carbocycles. The number of hydrogen-bond acceptors (Lipinski definition) is 3. The minimum atomic E-state index is -0.485. The maximum absolute atomic E-state index is 11.1. The van der Waals surface area contributed by atoms with E-state index in [1.165, 1.54) is 15.4 Å². The van der Waals surface area contributed by atoms with Crippen LogP contribution in [0.15, 0.2) is 87.7 Å². The van der Waals surface area contributed by atoms with E-state index in [1.54, 1.807) is 18.7 Å². The van der Waals surface area contributed by atoms with Gasteiger partial charge in [0, 0.05) is 27.7 Å². The Bertz CT molecular complexity index is 956. The number of aliphatic hydroxyl groups excluding tert-OH is 1. The van der Waals surface area contributed by atoms with Crippen molar-refractivity contribution in [2.45, 2.75) is 69.3 Å². The van der Waals surface area contributed by atoms with Crippen LogP contribution in [0.4, 0.5) is 0 Å². The lowest BCUT2D eigenvalue weighted by Gasteiger charge is -2.27. The van der Waals surface area contributed by atoms with Gasteiger partial charge in [0.1, 0.15) is 5.78 Å². The molecule has 0 aromatic heterocycles. The van der Waals surface area contributed by atoms with E-state index >= 15 is 0 Å². The maximum Gasteiger partial charge on any atom is 0.129 e. The highest BCUT2D eigenvalue weighted by atomic mass is 35.5. The number of Topliss-reactive ketones (excluding diaryl/α,β-unsaturated/α-hetero) is 1. The highest BCUT2D eigenvalue weighted by molar-refractivity contribution is 8.03. The van der Waals surface area contributed by atoms with Gasteiger partial charge < -0.3 is 9.90 Å². The molecule has 1 N–H and O–H groups in total. The molecule has 176 valence electrons. The number of aliphatic hydroxyl groups is 1. The molecule has 3 atom stereocenters. The number of allylic oxidation sites excluding steroid dienone is 8. The average Bonchev–Trinajstić information content (AvgIpc) is 2.79. The summed E-state index contributed by atoms with van der Waals surface area (Å²) >= 11 is 8.28. The number of ketones is 1. The van der Waals surface area contributed by atoms with Crippen molar-refractivity contribution in [3.8, 4) is 0 Å². The van der Waals surface area contributed by atoms with Crippen molar-refractivity contribution in [1.82, 2.24) is 0 Å². The number of fused-ring (bicyclic) bond motifs is 1. The Morgan fingerprint density at radius 1 is 1.33 bits per heavy atom. The zero-order valence-electron chi connectivity index (χ0n) is 19.5. The largest absolute Gasteiger partial charge is 0.389 e. The fourth-order valence-corrected chi connectivity index (χ4v) is 5.78. The van der Waals surface area contributed by atoms with E-state index in [4.69, 9.17) is 11.6 Å². The normalized spacial score (nSPS) is 21.7. The van der Waals surface area contributed by atoms with Gasteiger partial charge in [0.15, 0.2) is 0 Å². The SMILES string of the molecule is C=C1C=CCC(/C=C/C(O)CCC2=C(Cl)Cc3ccccc3S2)[C@H]1C/C=C\CCCC(C)=O. The summed E-state index contributed by atoms with van der Waals surface area (Å²) in [6.45, 7) is 5.90. The van der Waals surface area contributed by atoms with Gasteiger partial charge in [-0.15, -0.1) is 0 Å². The Kier molecular flexibility index (Phi) is 10.3. The van der Waals surface area contributed by atoms with Crippen LogP contribution >= 0.6 is 23.4 Å². The zero-order valence-corrected chi connectivity index (χ0v) is 21.1. The van der Waals surface area contributed by atoms with E-state index in [0.717, 1.165) is 49.1 Å². The molecule has 0 amide bonds. The minimum Gasteiger partial charge on any atom is -0.389 e. The Labute approximate surface area is 208 Å². The van der Waals surface area contributed by atoms with Crippen LogP contribution in [0.25, 0.3) is 0 Å². The third-order valence-electron chi connectivity index (χ3n) is 6.29. The van der Waals surface area contributed by atoms with Crippen LogP contribution < -0.4 is 0 Å². The number of hydrogen-bond donors (Lipinski definition) is 1. The lowest BCUT2D eigenvalue weighted by Crippen LogP contribution is -2.17. The zero-order chi connectivity index (χ0) is 23.6. The number of carbonyl (C=O) groups is 1. The van der Waals surface area contributed by atoms with Crippen LogP contribution in [-0.4, -0.2) is 17.0 Å². The van der Waals surface area contributed by atoms with Crippen molar-refractivity contribution in [1.29, 1.82) is 0 Å². The third-order valence-corrected chi connectivity index (χ3v) is 8.08. The summed E-state index contributed by atoms with van der Waals surface area (Å²) < 4.78 is 0. The fourth-order valence-electron chi connectivity index (χ4n) is 4.34. The molecule has 1 aromatic rings. The van der Waals surface area contributed by atoms with E-state index in [-0.39, 0.29) is 5.78 Å². The van der Waals surface area contributed by atoms with E-state index in [1.807, 2.05) is 6.08 Å². The molecular weight excluding hydrogens is 448 g/mol. The van der Waals surface area contributed by atoms with Crippen molar-refractivity contribution in [2.75, 3.05) is 0 Å². The van der Waals surface area contributed by atoms with Gasteiger partial charge in [0.25, 0.3) is 0 Å². The third kappa shape index (κ3) is 8.17. The summed E-state index contributed by atoms with van der Waals surface area (Å²) in [6, 6.07) is 8.38. The first-order valence-electron chi connectivity index (χ1n) is 11.9. The van der Waals surface area contributed by atoms with Gasteiger partial charge in [-0.1, -0.05) is 90.2 Å². The second-order valence-corrected chi connectivity index (χ2v) is 10.6. The van der Waals surface area contributed by atoms with Gasteiger partial charge in [-0.3, -0.25) is 0 Å². The maximum atomic E-state index is 11.1. The first kappa shape index (κ1) is 25.8. The molecule has 0 bridgehead atoms. The molecule has 1 aliphatic heterocycles. The number of halogens is 1. The summed E-state index contributed by atoms with van der Waals surface area (Å²) in [6.07, 6.45) is 19.0. The number of benzene rings is 1. The summed E-state index contributed by atoms with van der Waals surface area (Å²) in [7, 11) is 0. The van der Waals surface area contributed by atoms with Crippen molar-refractivity contribution in [3.63, 3.8) is 0 Å². The van der Waals surface area contributed by atoms with Gasteiger partial charge in [0.2, 0.25) is 0 Å². The van der Waals surface area contributed by atoms with Crippen molar-refractivity contribution >= 4 is 29.1 Å². The van der Waals surface area contributed by atoms with Crippen LogP contribution in [0.2, 0.25) is 0 Å². The molecule has 2 nitrogen and oxygen atoms in total. The van der Waals surface area contributed by atoms with E-state index in [2.05, 4.69) is 61.2 Å². The summed E-state index contributed by atoms with van der Waals surface area (Å²) in [4.78, 5) is 13.5. The van der Waals surface area contributed by atoms with E-state index in [9.17, 15) is 9.90 Å². The van der Waals surface area contributed by atoms with Gasteiger partial charge in [-0.2, -0.15) is 0 Å². The number of rotatable bonds is 11. The first-order chi connectivity index (χ1) is 15.9. The molecule has 1 aliphatic carbocycles. The standard InChI is InChI=1S/C29H35ClO2S/c1-21-10-9-13-23(26(21)14-6-4-3-5-11-22(2)31)16-17-25(32)18-19-29-27(30)20-24-12-7-8-15-28(24)33-29/h4,6-10,12,15-17,23,25-26,32H,1,3,5,11,13-14,18-20H2,2H3/b6-4-,17-16+/t23?,25?,26-/m0/s1. The fraction of sp³-hybridized carbons (Fsp3) is 0.414. The van der Waals surface area contributed by atoms with Gasteiger partial charge in [-0.05, 0) is 68.9 Å². The van der Waals surface area contributed by atoms with Crippen LogP contribution in [0.1, 0.15) is 57.4 Å². The predicted molar refractivity (Wildman–Crippen MR) is 141 cm³/mol. The number of thioether (sulfide) groups is 1. The number of unbranched alkanes of at least 4 members (excludes halogenated alkanes) is 1. The van der Waals surface area contributed by atoms with E-state index < -0.39 is 6.10 Å². The van der Waals surface area contributed by atoms with Gasteiger partial charge in [-0.25, -0.2) is 0 Å². The molecule has 0 spiro atoms. The van der Waals surface area contributed by atoms with Gasteiger partial charge in [0.05, 0.1) is 6.10 Å². The Morgan fingerprint density at radius 2 is 2.15 bits per heavy atom. The first-order valence-corrected chi connectivity index (χ1v) is 13.1. The average molecular weight is 483 g/mol. The Morgan fingerprint density at radius 3 is 2.97 bits per heavy atom. The van der Waals surface area contributed by atoms with Crippen molar-refractivity contribution in [2.24, 2.45) is 11.8 Å². The second kappa shape index (κ2) is 13.2. The van der Waals surface area contributed by atoms with E-state index in [0.29, 0.717) is 24.7 Å². The van der Waals surface area contributed by atoms with Crippen LogP contribution in [0.3, 0.4) is 0 Å². The predicted octanol–water partition coefficient (Wildman–Crippen LogP) is 7.94. The molecule has 0 saturated heterocycles. The second-order valence-electron chi connectivity index (χ2n) is 8.99. The monoisotopic (exact) mass is 482 g/mol. The minimum absolute atomic E-state index is 0.253. The highest BCUT2D eigenvalue weighted by Crippen LogP contribution is 2.42. The topological polar surface area (TPSA) is 37.3 Å². The summed E-state index contributed by atoms with van der Waals surface area (Å²) in [5, 5.41) is 11.5. The molecule has 33 heavy (non-hydrogen) atoms. The highest BCUT2D eigenvalue weighted by Gasteiger charge is 2.22. The molecule has 0 fully saturated rings. The van der Waals surface area contributed by atoms with Crippen LogP contribution in [0, 0.1) is 11.8 Å². The quantitative estimate of drug-likeness (QED) is 0.257. The van der Waals surface area contributed by atoms with Crippen LogP contribution in [-0.2, 0) is 11.2 Å². The lowest BCUT2D eigenvalue weighted by molar-refractivity contribution is -0.117. The molecule has 2 unspecified atom stereocenters. The smallest absolute Gasteiger partial charge is 0.129 e.